The summed E-state index contributed by atoms with van der Waals surface area (Å²) in [7, 11) is 4.21. The molecule has 1 nitrogen and oxygen atoms in total. The van der Waals surface area contributed by atoms with E-state index >= 15 is 0 Å². The number of rotatable bonds is 4. The van der Waals surface area contributed by atoms with E-state index in [2.05, 4.69) is 57.1 Å². The summed E-state index contributed by atoms with van der Waals surface area (Å²) >= 11 is 0. The first-order valence-electron chi connectivity index (χ1n) is 5.30. The van der Waals surface area contributed by atoms with Crippen molar-refractivity contribution in [3.05, 3.63) is 35.4 Å². The summed E-state index contributed by atoms with van der Waals surface area (Å²) in [6, 6.07) is 8.90. The molecule has 0 heterocycles. The van der Waals surface area contributed by atoms with Crippen LogP contribution in [0, 0.1) is 5.92 Å². The zero-order chi connectivity index (χ0) is 10.6. The molecule has 0 saturated carbocycles. The van der Waals surface area contributed by atoms with Gasteiger partial charge < -0.3 is 4.90 Å². The SMILES string of the molecule is CC(C)Cc1cccc(CN(C)C)c1. The van der Waals surface area contributed by atoms with Gasteiger partial charge in [-0.1, -0.05) is 38.1 Å². The Hall–Kier alpha value is -0.820. The van der Waals surface area contributed by atoms with Gasteiger partial charge in [0, 0.05) is 6.54 Å². The number of nitrogens with zero attached hydrogens (tertiary/aromatic N) is 1. The van der Waals surface area contributed by atoms with Crippen molar-refractivity contribution in [2.24, 2.45) is 5.92 Å². The smallest absolute Gasteiger partial charge is 0.0227 e. The van der Waals surface area contributed by atoms with Crippen LogP contribution in [0.4, 0.5) is 0 Å². The van der Waals surface area contributed by atoms with E-state index < -0.39 is 0 Å². The quantitative estimate of drug-likeness (QED) is 0.707. The molecule has 0 aliphatic heterocycles. The van der Waals surface area contributed by atoms with Crippen molar-refractivity contribution >= 4 is 0 Å². The summed E-state index contributed by atoms with van der Waals surface area (Å²) in [5, 5.41) is 0. The third-order valence-electron chi connectivity index (χ3n) is 2.13. The molecule has 1 aromatic rings. The average Bonchev–Trinajstić information content (AvgIpc) is 2.01. The second kappa shape index (κ2) is 5.16. The van der Waals surface area contributed by atoms with Gasteiger partial charge in [-0.3, -0.25) is 0 Å². The molecule has 14 heavy (non-hydrogen) atoms. The van der Waals surface area contributed by atoms with Gasteiger partial charge in [-0.05, 0) is 37.6 Å². The lowest BCUT2D eigenvalue weighted by atomic mass is 10.0. The lowest BCUT2D eigenvalue weighted by Crippen LogP contribution is -2.10. The van der Waals surface area contributed by atoms with E-state index in [1.54, 1.807) is 0 Å². The Balaban J connectivity index is 2.68. The van der Waals surface area contributed by atoms with Crippen LogP contribution in [0.1, 0.15) is 25.0 Å². The van der Waals surface area contributed by atoms with Gasteiger partial charge in [-0.25, -0.2) is 0 Å². The highest BCUT2D eigenvalue weighted by atomic mass is 15.0. The minimum absolute atomic E-state index is 0.740. The van der Waals surface area contributed by atoms with Crippen LogP contribution in [0.2, 0.25) is 0 Å². The third kappa shape index (κ3) is 3.93. The maximum atomic E-state index is 2.32. The topological polar surface area (TPSA) is 3.24 Å². The molecule has 0 N–H and O–H groups in total. The van der Waals surface area contributed by atoms with E-state index in [0.29, 0.717) is 0 Å². The van der Waals surface area contributed by atoms with Gasteiger partial charge in [0.15, 0.2) is 0 Å². The monoisotopic (exact) mass is 191 g/mol. The van der Waals surface area contributed by atoms with Gasteiger partial charge in [0.1, 0.15) is 0 Å². The van der Waals surface area contributed by atoms with Gasteiger partial charge in [-0.15, -0.1) is 0 Å². The van der Waals surface area contributed by atoms with Crippen molar-refractivity contribution in [3.63, 3.8) is 0 Å². The zero-order valence-electron chi connectivity index (χ0n) is 9.75. The molecule has 0 fully saturated rings. The standard InChI is InChI=1S/C13H21N/c1-11(2)8-12-6-5-7-13(9-12)10-14(3)4/h5-7,9,11H,8,10H2,1-4H3. The van der Waals surface area contributed by atoms with Crippen molar-refractivity contribution in [2.75, 3.05) is 14.1 Å². The molecule has 78 valence electrons. The molecule has 0 aliphatic rings. The maximum Gasteiger partial charge on any atom is 0.0227 e. The van der Waals surface area contributed by atoms with Crippen molar-refractivity contribution in [3.8, 4) is 0 Å². The molecule has 1 heteroatoms. The lowest BCUT2D eigenvalue weighted by molar-refractivity contribution is 0.402. The maximum absolute atomic E-state index is 2.32. The molecule has 0 amide bonds. The van der Waals surface area contributed by atoms with Crippen LogP contribution in [0.3, 0.4) is 0 Å². The van der Waals surface area contributed by atoms with E-state index in [-0.39, 0.29) is 0 Å². The molecule has 0 aliphatic carbocycles. The Morgan fingerprint density at radius 2 is 1.79 bits per heavy atom. The van der Waals surface area contributed by atoms with Crippen LogP contribution in [-0.2, 0) is 13.0 Å². The summed E-state index contributed by atoms with van der Waals surface area (Å²) in [5.74, 6) is 0.740. The van der Waals surface area contributed by atoms with Crippen molar-refractivity contribution in [1.82, 2.24) is 4.90 Å². The molecule has 0 spiro atoms. The molecule has 0 bridgehead atoms. The fourth-order valence-electron chi connectivity index (χ4n) is 1.69. The summed E-state index contributed by atoms with van der Waals surface area (Å²) < 4.78 is 0. The second-order valence-corrected chi connectivity index (χ2v) is 4.66. The van der Waals surface area contributed by atoms with E-state index in [4.69, 9.17) is 0 Å². The Kier molecular flexibility index (Phi) is 4.15. The third-order valence-corrected chi connectivity index (χ3v) is 2.13. The van der Waals surface area contributed by atoms with Crippen molar-refractivity contribution < 1.29 is 0 Å². The summed E-state index contributed by atoms with van der Waals surface area (Å²) in [5.41, 5.74) is 2.87. The Morgan fingerprint density at radius 1 is 1.14 bits per heavy atom. The normalized spacial score (nSPS) is 11.3. The molecule has 0 aromatic heterocycles. The first-order valence-corrected chi connectivity index (χ1v) is 5.30. The fraction of sp³-hybridized carbons (Fsp3) is 0.538. The van der Waals surface area contributed by atoms with Gasteiger partial charge in [-0.2, -0.15) is 0 Å². The predicted octanol–water partition coefficient (Wildman–Crippen LogP) is 2.95. The summed E-state index contributed by atoms with van der Waals surface area (Å²) in [6.07, 6.45) is 1.18. The molecule has 0 radical (unpaired) electrons. The van der Waals surface area contributed by atoms with E-state index in [0.717, 1.165) is 12.5 Å². The highest BCUT2D eigenvalue weighted by Gasteiger charge is 1.99. The van der Waals surface area contributed by atoms with Crippen molar-refractivity contribution in [1.29, 1.82) is 0 Å². The zero-order valence-corrected chi connectivity index (χ0v) is 9.75. The summed E-state index contributed by atoms with van der Waals surface area (Å²) in [4.78, 5) is 2.20. The molecule has 0 atom stereocenters. The molecular formula is C13H21N. The van der Waals surface area contributed by atoms with Crippen LogP contribution in [0.15, 0.2) is 24.3 Å². The van der Waals surface area contributed by atoms with Gasteiger partial charge >= 0.3 is 0 Å². The van der Waals surface area contributed by atoms with Gasteiger partial charge in [0.2, 0.25) is 0 Å². The van der Waals surface area contributed by atoms with E-state index in [1.165, 1.54) is 17.5 Å². The predicted molar refractivity (Wildman–Crippen MR) is 62.4 cm³/mol. The first kappa shape index (κ1) is 11.3. The van der Waals surface area contributed by atoms with Crippen molar-refractivity contribution in [2.45, 2.75) is 26.8 Å². The molecule has 0 unspecified atom stereocenters. The highest BCUT2D eigenvalue weighted by Crippen LogP contribution is 2.11. The Bertz CT molecular complexity index is 251. The minimum Gasteiger partial charge on any atom is -0.305 e. The molecule has 1 rings (SSSR count). The number of benzene rings is 1. The van der Waals surface area contributed by atoms with E-state index in [9.17, 15) is 0 Å². The summed E-state index contributed by atoms with van der Waals surface area (Å²) in [6.45, 7) is 5.56. The highest BCUT2D eigenvalue weighted by molar-refractivity contribution is 5.23. The minimum atomic E-state index is 0.740. The molecule has 1 aromatic carbocycles. The van der Waals surface area contributed by atoms with Crippen LogP contribution in [-0.4, -0.2) is 19.0 Å². The molecular weight excluding hydrogens is 170 g/mol. The fourth-order valence-corrected chi connectivity index (χ4v) is 1.69. The Morgan fingerprint density at radius 3 is 2.36 bits per heavy atom. The van der Waals surface area contributed by atoms with Crippen LogP contribution < -0.4 is 0 Å². The second-order valence-electron chi connectivity index (χ2n) is 4.66. The Labute approximate surface area is 87.7 Å². The average molecular weight is 191 g/mol. The number of hydrogen-bond acceptors (Lipinski definition) is 1. The lowest BCUT2D eigenvalue weighted by Gasteiger charge is -2.11. The first-order chi connectivity index (χ1) is 6.58. The van der Waals surface area contributed by atoms with Gasteiger partial charge in [0.05, 0.1) is 0 Å². The van der Waals surface area contributed by atoms with Crippen LogP contribution in [0.5, 0.6) is 0 Å². The molecule has 0 saturated heterocycles. The van der Waals surface area contributed by atoms with Gasteiger partial charge in [0.25, 0.3) is 0 Å². The van der Waals surface area contributed by atoms with E-state index in [1.807, 2.05) is 0 Å². The number of hydrogen-bond donors (Lipinski definition) is 0. The largest absolute Gasteiger partial charge is 0.305 e. The van der Waals surface area contributed by atoms with Crippen LogP contribution >= 0.6 is 0 Å². The van der Waals surface area contributed by atoms with Crippen LogP contribution in [0.25, 0.3) is 0 Å².